The molecule has 2 atom stereocenters. The first-order chi connectivity index (χ1) is 8.66. The van der Waals surface area contributed by atoms with Gasteiger partial charge in [-0.15, -0.1) is 0 Å². The summed E-state index contributed by atoms with van der Waals surface area (Å²) in [6.07, 6.45) is 3.23. The van der Waals surface area contributed by atoms with Crippen molar-refractivity contribution in [2.75, 3.05) is 6.54 Å². The molecule has 1 saturated carbocycles. The number of hydrogen-bond donors (Lipinski definition) is 2. The van der Waals surface area contributed by atoms with Crippen LogP contribution in [-0.2, 0) is 11.2 Å². The predicted octanol–water partition coefficient (Wildman–Crippen LogP) is 1.72. The molecule has 2 rings (SSSR count). The van der Waals surface area contributed by atoms with E-state index in [1.165, 1.54) is 12.8 Å². The summed E-state index contributed by atoms with van der Waals surface area (Å²) < 4.78 is 0. The van der Waals surface area contributed by atoms with E-state index in [1.54, 1.807) is 0 Å². The molecule has 3 N–H and O–H groups in total. The Morgan fingerprint density at radius 2 is 2.06 bits per heavy atom. The predicted molar refractivity (Wildman–Crippen MR) is 73.0 cm³/mol. The summed E-state index contributed by atoms with van der Waals surface area (Å²) in [5.74, 6) is 1.36. The quantitative estimate of drug-likeness (QED) is 0.803. The van der Waals surface area contributed by atoms with Crippen molar-refractivity contribution in [2.45, 2.75) is 32.2 Å². The average Bonchev–Trinajstić information content (AvgIpc) is 3.21. The number of rotatable bonds is 6. The Balaban J connectivity index is 1.74. The third-order valence-corrected chi connectivity index (χ3v) is 3.66. The number of hydrogen-bond acceptors (Lipinski definition) is 2. The van der Waals surface area contributed by atoms with Crippen molar-refractivity contribution < 1.29 is 4.79 Å². The molecule has 1 unspecified atom stereocenters. The van der Waals surface area contributed by atoms with Gasteiger partial charge in [0, 0.05) is 6.54 Å². The highest BCUT2D eigenvalue weighted by atomic mass is 16.2. The molecule has 0 aliphatic heterocycles. The lowest BCUT2D eigenvalue weighted by Gasteiger charge is -2.15. The summed E-state index contributed by atoms with van der Waals surface area (Å²) in [5, 5.41) is 2.96. The molecule has 18 heavy (non-hydrogen) atoms. The van der Waals surface area contributed by atoms with Crippen molar-refractivity contribution >= 4 is 5.91 Å². The fraction of sp³-hybridized carbons (Fsp3) is 0.533. The molecule has 0 heterocycles. The Hall–Kier alpha value is -1.35. The average molecular weight is 246 g/mol. The van der Waals surface area contributed by atoms with Gasteiger partial charge >= 0.3 is 0 Å². The van der Waals surface area contributed by atoms with Crippen molar-refractivity contribution in [1.29, 1.82) is 0 Å². The van der Waals surface area contributed by atoms with Gasteiger partial charge in [-0.25, -0.2) is 0 Å². The van der Waals surface area contributed by atoms with Gasteiger partial charge in [0.25, 0.3) is 0 Å². The molecule has 0 bridgehead atoms. The number of nitrogens with two attached hydrogens (primary N) is 1. The highest BCUT2D eigenvalue weighted by Crippen LogP contribution is 2.36. The fourth-order valence-electron chi connectivity index (χ4n) is 2.19. The molecule has 1 amide bonds. The Kier molecular flexibility index (Phi) is 4.37. The number of benzene rings is 1. The van der Waals surface area contributed by atoms with Crippen molar-refractivity contribution in [3.8, 4) is 0 Å². The molecule has 1 aromatic carbocycles. The molecule has 0 spiro atoms. The summed E-state index contributed by atoms with van der Waals surface area (Å²) in [4.78, 5) is 11.9. The first-order valence-corrected chi connectivity index (χ1v) is 6.74. The molecular formula is C15H22N2O. The van der Waals surface area contributed by atoms with Gasteiger partial charge in [0.1, 0.15) is 0 Å². The Morgan fingerprint density at radius 3 is 2.67 bits per heavy atom. The second-order valence-electron chi connectivity index (χ2n) is 5.36. The van der Waals surface area contributed by atoms with Crippen LogP contribution in [0.25, 0.3) is 0 Å². The van der Waals surface area contributed by atoms with Crippen molar-refractivity contribution in [3.05, 3.63) is 35.9 Å². The van der Waals surface area contributed by atoms with Crippen LogP contribution in [0.4, 0.5) is 0 Å². The number of nitrogens with one attached hydrogen (secondary N) is 1. The number of carbonyl (C=O) groups excluding carboxylic acids is 1. The largest absolute Gasteiger partial charge is 0.354 e. The summed E-state index contributed by atoms with van der Waals surface area (Å²) in [5.41, 5.74) is 7.02. The SMILES string of the molecule is CC(CNC(=O)[C@@H](N)Cc1ccccc1)C1CC1. The van der Waals surface area contributed by atoms with Crippen molar-refractivity contribution in [1.82, 2.24) is 5.32 Å². The lowest BCUT2D eigenvalue weighted by atomic mass is 10.0. The molecular weight excluding hydrogens is 224 g/mol. The van der Waals surface area contributed by atoms with Crippen LogP contribution in [0, 0.1) is 11.8 Å². The van der Waals surface area contributed by atoms with E-state index in [0.717, 1.165) is 18.0 Å². The van der Waals surface area contributed by atoms with Gasteiger partial charge in [-0.05, 0) is 36.7 Å². The summed E-state index contributed by atoms with van der Waals surface area (Å²) in [7, 11) is 0. The van der Waals surface area contributed by atoms with E-state index in [1.807, 2.05) is 30.3 Å². The zero-order valence-corrected chi connectivity index (χ0v) is 10.9. The summed E-state index contributed by atoms with van der Waals surface area (Å²) in [6.45, 7) is 2.95. The minimum absolute atomic E-state index is 0.0358. The van der Waals surface area contributed by atoms with E-state index in [2.05, 4.69) is 12.2 Å². The maximum Gasteiger partial charge on any atom is 0.237 e. The van der Waals surface area contributed by atoms with Gasteiger partial charge in [0.15, 0.2) is 0 Å². The summed E-state index contributed by atoms with van der Waals surface area (Å²) in [6, 6.07) is 9.45. The van der Waals surface area contributed by atoms with Gasteiger partial charge in [-0.2, -0.15) is 0 Å². The molecule has 1 aliphatic carbocycles. The molecule has 98 valence electrons. The van der Waals surface area contributed by atoms with Crippen LogP contribution in [-0.4, -0.2) is 18.5 Å². The molecule has 0 saturated heterocycles. The highest BCUT2D eigenvalue weighted by molar-refractivity contribution is 5.81. The van der Waals surface area contributed by atoms with Gasteiger partial charge in [0.05, 0.1) is 6.04 Å². The van der Waals surface area contributed by atoms with Crippen molar-refractivity contribution in [3.63, 3.8) is 0 Å². The second kappa shape index (κ2) is 6.01. The van der Waals surface area contributed by atoms with Crippen LogP contribution in [0.2, 0.25) is 0 Å². The maximum atomic E-state index is 11.9. The minimum atomic E-state index is -0.446. The normalized spacial score (nSPS) is 18.1. The number of amides is 1. The van der Waals surface area contributed by atoms with Crippen molar-refractivity contribution in [2.24, 2.45) is 17.6 Å². The second-order valence-corrected chi connectivity index (χ2v) is 5.36. The monoisotopic (exact) mass is 246 g/mol. The molecule has 1 fully saturated rings. The topological polar surface area (TPSA) is 55.1 Å². The molecule has 3 nitrogen and oxygen atoms in total. The van der Waals surface area contributed by atoms with Crippen LogP contribution in [0.1, 0.15) is 25.3 Å². The Bertz CT molecular complexity index is 387. The standard InChI is InChI=1S/C15H22N2O/c1-11(13-7-8-13)10-17-15(18)14(16)9-12-5-3-2-4-6-12/h2-6,11,13-14H,7-10,16H2,1H3,(H,17,18)/t11?,14-/m0/s1. The first-order valence-electron chi connectivity index (χ1n) is 6.74. The third kappa shape index (κ3) is 3.84. The molecule has 1 aliphatic rings. The lowest BCUT2D eigenvalue weighted by molar-refractivity contribution is -0.122. The van der Waals surface area contributed by atoms with E-state index in [-0.39, 0.29) is 5.91 Å². The third-order valence-electron chi connectivity index (χ3n) is 3.66. The zero-order valence-electron chi connectivity index (χ0n) is 10.9. The first kappa shape index (κ1) is 13.1. The minimum Gasteiger partial charge on any atom is -0.354 e. The Labute approximate surface area is 109 Å². The van der Waals surface area contributed by atoms with Crippen LogP contribution in [0.5, 0.6) is 0 Å². The van der Waals surface area contributed by atoms with E-state index < -0.39 is 6.04 Å². The molecule has 0 radical (unpaired) electrons. The van der Waals surface area contributed by atoms with E-state index in [4.69, 9.17) is 5.73 Å². The van der Waals surface area contributed by atoms with Crippen LogP contribution >= 0.6 is 0 Å². The van der Waals surface area contributed by atoms with E-state index >= 15 is 0 Å². The summed E-state index contributed by atoms with van der Waals surface area (Å²) >= 11 is 0. The highest BCUT2D eigenvalue weighted by Gasteiger charge is 2.28. The van der Waals surface area contributed by atoms with Crippen LogP contribution < -0.4 is 11.1 Å². The van der Waals surface area contributed by atoms with Gasteiger partial charge < -0.3 is 11.1 Å². The van der Waals surface area contributed by atoms with Gasteiger partial charge in [-0.3, -0.25) is 4.79 Å². The number of carbonyl (C=O) groups is 1. The van der Waals surface area contributed by atoms with Crippen LogP contribution in [0.15, 0.2) is 30.3 Å². The lowest BCUT2D eigenvalue weighted by Crippen LogP contribution is -2.43. The smallest absolute Gasteiger partial charge is 0.237 e. The Morgan fingerprint density at radius 1 is 1.39 bits per heavy atom. The zero-order chi connectivity index (χ0) is 13.0. The maximum absolute atomic E-state index is 11.9. The van der Waals surface area contributed by atoms with E-state index in [9.17, 15) is 4.79 Å². The molecule has 3 heteroatoms. The fourth-order valence-corrected chi connectivity index (χ4v) is 2.19. The molecule has 0 aromatic heterocycles. The van der Waals surface area contributed by atoms with Gasteiger partial charge in [-0.1, -0.05) is 37.3 Å². The van der Waals surface area contributed by atoms with Crippen LogP contribution in [0.3, 0.4) is 0 Å². The van der Waals surface area contributed by atoms with Gasteiger partial charge in [0.2, 0.25) is 5.91 Å². The van der Waals surface area contributed by atoms with E-state index in [0.29, 0.717) is 12.3 Å². The molecule has 1 aromatic rings.